The zero-order chi connectivity index (χ0) is 10.2. The van der Waals surface area contributed by atoms with Crippen LogP contribution in [0.25, 0.3) is 0 Å². The number of thiophene rings is 1. The van der Waals surface area contributed by atoms with Crippen molar-refractivity contribution in [1.82, 2.24) is 0 Å². The minimum Gasteiger partial charge on any atom is -0.477 e. The van der Waals surface area contributed by atoms with Gasteiger partial charge in [-0.1, -0.05) is 0 Å². The first-order valence-electron chi connectivity index (χ1n) is 3.37. The minimum absolute atomic E-state index is 0.0358. The number of nitrogens with two attached hydrogens (primary N) is 2. The van der Waals surface area contributed by atoms with Crippen LogP contribution in [0.2, 0.25) is 0 Å². The zero-order valence-corrected chi connectivity index (χ0v) is 7.64. The number of anilines is 1. The van der Waals surface area contributed by atoms with Gasteiger partial charge in [0.1, 0.15) is 4.88 Å². The first-order chi connectivity index (χ1) is 5.95. The molecule has 1 rings (SSSR count). The van der Waals surface area contributed by atoms with Gasteiger partial charge in [0.15, 0.2) is 0 Å². The van der Waals surface area contributed by atoms with E-state index in [1.807, 2.05) is 0 Å². The molecule has 1 aromatic rings. The Hall–Kier alpha value is -1.56. The lowest BCUT2D eigenvalue weighted by Crippen LogP contribution is -2.13. The molecular formula is C7H8N2O3S. The third kappa shape index (κ3) is 1.48. The van der Waals surface area contributed by atoms with Gasteiger partial charge in [0.2, 0.25) is 0 Å². The summed E-state index contributed by atoms with van der Waals surface area (Å²) < 4.78 is 0. The Labute approximate surface area is 78.0 Å². The summed E-state index contributed by atoms with van der Waals surface area (Å²) >= 11 is 0.952. The van der Waals surface area contributed by atoms with Gasteiger partial charge in [0.05, 0.1) is 11.3 Å². The largest absolute Gasteiger partial charge is 0.477 e. The number of carboxylic acid groups (broad SMARTS) is 1. The van der Waals surface area contributed by atoms with E-state index in [1.165, 1.54) is 0 Å². The molecule has 0 spiro atoms. The molecule has 70 valence electrons. The highest BCUT2D eigenvalue weighted by molar-refractivity contribution is 7.15. The molecule has 0 fully saturated rings. The molecule has 6 heteroatoms. The van der Waals surface area contributed by atoms with E-state index in [4.69, 9.17) is 16.6 Å². The number of carbonyl (C=O) groups is 2. The van der Waals surface area contributed by atoms with Crippen LogP contribution in [0.3, 0.4) is 0 Å². The van der Waals surface area contributed by atoms with Gasteiger partial charge in [-0.3, -0.25) is 4.79 Å². The lowest BCUT2D eigenvalue weighted by Gasteiger charge is -1.94. The Morgan fingerprint density at radius 2 is 2.00 bits per heavy atom. The molecule has 5 N–H and O–H groups in total. The number of nitrogen functional groups attached to an aromatic ring is 1. The van der Waals surface area contributed by atoms with E-state index in [0.29, 0.717) is 4.88 Å². The van der Waals surface area contributed by atoms with Gasteiger partial charge >= 0.3 is 5.97 Å². The lowest BCUT2D eigenvalue weighted by molar-refractivity contribution is 0.0703. The molecule has 0 aliphatic rings. The molecule has 0 bridgehead atoms. The number of primary amides is 1. The number of aryl methyl sites for hydroxylation is 1. The Morgan fingerprint density at radius 3 is 2.23 bits per heavy atom. The summed E-state index contributed by atoms with van der Waals surface area (Å²) in [5, 5.41) is 8.66. The molecule has 0 aromatic carbocycles. The van der Waals surface area contributed by atoms with Gasteiger partial charge in [-0.25, -0.2) is 4.79 Å². The quantitative estimate of drug-likeness (QED) is 0.643. The van der Waals surface area contributed by atoms with Crippen LogP contribution in [0.15, 0.2) is 0 Å². The maximum absolute atomic E-state index is 10.8. The summed E-state index contributed by atoms with van der Waals surface area (Å²) in [6.45, 7) is 1.60. The lowest BCUT2D eigenvalue weighted by atomic mass is 10.2. The van der Waals surface area contributed by atoms with Crippen LogP contribution in [0.1, 0.15) is 24.9 Å². The summed E-state index contributed by atoms with van der Waals surface area (Å²) in [7, 11) is 0. The third-order valence-corrected chi connectivity index (χ3v) is 2.67. The van der Waals surface area contributed by atoms with E-state index in [0.717, 1.165) is 11.3 Å². The highest BCUT2D eigenvalue weighted by Gasteiger charge is 2.20. The van der Waals surface area contributed by atoms with E-state index in [2.05, 4.69) is 0 Å². The molecular weight excluding hydrogens is 192 g/mol. The van der Waals surface area contributed by atoms with E-state index >= 15 is 0 Å². The molecule has 5 nitrogen and oxygen atoms in total. The summed E-state index contributed by atoms with van der Waals surface area (Å²) in [6, 6.07) is 0. The van der Waals surface area contributed by atoms with Crippen LogP contribution in [0.5, 0.6) is 0 Å². The second-order valence-electron chi connectivity index (χ2n) is 2.45. The molecule has 0 saturated heterocycles. The van der Waals surface area contributed by atoms with Crippen LogP contribution in [-0.2, 0) is 0 Å². The maximum atomic E-state index is 10.8. The summed E-state index contributed by atoms with van der Waals surface area (Å²) in [5.74, 6) is -1.84. The topological polar surface area (TPSA) is 106 Å². The molecule has 0 aliphatic carbocycles. The van der Waals surface area contributed by atoms with Gasteiger partial charge in [-0.2, -0.15) is 0 Å². The van der Waals surface area contributed by atoms with Gasteiger partial charge in [-0.05, 0) is 6.92 Å². The SMILES string of the molecule is Cc1sc(C(=O)O)c(N)c1C(N)=O. The van der Waals surface area contributed by atoms with E-state index in [9.17, 15) is 9.59 Å². The normalized spacial score (nSPS) is 9.92. The van der Waals surface area contributed by atoms with Crippen molar-refractivity contribution < 1.29 is 14.7 Å². The Kier molecular flexibility index (Phi) is 2.24. The Bertz CT molecular complexity index is 383. The second kappa shape index (κ2) is 3.06. The van der Waals surface area contributed by atoms with Crippen LogP contribution in [-0.4, -0.2) is 17.0 Å². The van der Waals surface area contributed by atoms with E-state index < -0.39 is 11.9 Å². The molecule has 13 heavy (non-hydrogen) atoms. The van der Waals surface area contributed by atoms with Crippen molar-refractivity contribution in [1.29, 1.82) is 0 Å². The van der Waals surface area contributed by atoms with Gasteiger partial charge in [0.25, 0.3) is 5.91 Å². The van der Waals surface area contributed by atoms with Crippen molar-refractivity contribution in [3.63, 3.8) is 0 Å². The smallest absolute Gasteiger partial charge is 0.348 e. The van der Waals surface area contributed by atoms with Crippen LogP contribution >= 0.6 is 11.3 Å². The third-order valence-electron chi connectivity index (χ3n) is 1.56. The van der Waals surface area contributed by atoms with Crippen molar-refractivity contribution in [3.8, 4) is 0 Å². The minimum atomic E-state index is -1.14. The highest BCUT2D eigenvalue weighted by atomic mass is 32.1. The number of aromatic carboxylic acids is 1. The molecule has 1 heterocycles. The van der Waals surface area contributed by atoms with Crippen molar-refractivity contribution >= 4 is 28.9 Å². The molecule has 1 amide bonds. The Balaban J connectivity index is 3.39. The number of rotatable bonds is 2. The molecule has 1 aromatic heterocycles. The molecule has 0 saturated carbocycles. The predicted molar refractivity (Wildman–Crippen MR) is 48.9 cm³/mol. The standard InChI is InChI=1S/C7H8N2O3S/c1-2-3(6(9)10)4(8)5(13-2)7(11)12/h8H2,1H3,(H2,9,10)(H,11,12). The molecule has 0 aliphatic heterocycles. The van der Waals surface area contributed by atoms with Crippen LogP contribution < -0.4 is 11.5 Å². The number of carboxylic acids is 1. The highest BCUT2D eigenvalue weighted by Crippen LogP contribution is 2.29. The predicted octanol–water partition coefficient (Wildman–Crippen LogP) is 0.436. The van der Waals surface area contributed by atoms with Crippen molar-refractivity contribution in [2.75, 3.05) is 5.73 Å². The van der Waals surface area contributed by atoms with Gasteiger partial charge in [-0.15, -0.1) is 11.3 Å². The Morgan fingerprint density at radius 1 is 1.46 bits per heavy atom. The summed E-state index contributed by atoms with van der Waals surface area (Å²) in [6.07, 6.45) is 0. The fraction of sp³-hybridized carbons (Fsp3) is 0.143. The first kappa shape index (κ1) is 9.53. The fourth-order valence-corrected chi connectivity index (χ4v) is 1.95. The number of amides is 1. The number of carbonyl (C=O) groups excluding carboxylic acids is 1. The van der Waals surface area contributed by atoms with Crippen LogP contribution in [0.4, 0.5) is 5.69 Å². The molecule has 0 atom stereocenters. The van der Waals surface area contributed by atoms with Crippen molar-refractivity contribution in [2.45, 2.75) is 6.92 Å². The maximum Gasteiger partial charge on any atom is 0.348 e. The average molecular weight is 200 g/mol. The second-order valence-corrected chi connectivity index (χ2v) is 3.67. The average Bonchev–Trinajstić information content (AvgIpc) is 2.26. The van der Waals surface area contributed by atoms with Crippen LogP contribution in [0, 0.1) is 6.92 Å². The summed E-state index contributed by atoms with van der Waals surface area (Å²) in [5.41, 5.74) is 10.5. The summed E-state index contributed by atoms with van der Waals surface area (Å²) in [4.78, 5) is 21.9. The molecule has 0 unspecified atom stereocenters. The molecule has 0 radical (unpaired) electrons. The van der Waals surface area contributed by atoms with Gasteiger partial charge < -0.3 is 16.6 Å². The monoisotopic (exact) mass is 200 g/mol. The van der Waals surface area contributed by atoms with E-state index in [1.54, 1.807) is 6.92 Å². The van der Waals surface area contributed by atoms with E-state index in [-0.39, 0.29) is 16.1 Å². The van der Waals surface area contributed by atoms with Crippen molar-refractivity contribution in [2.24, 2.45) is 5.73 Å². The number of hydrogen-bond acceptors (Lipinski definition) is 4. The number of hydrogen-bond donors (Lipinski definition) is 3. The zero-order valence-electron chi connectivity index (χ0n) is 6.83. The van der Waals surface area contributed by atoms with Gasteiger partial charge in [0, 0.05) is 4.88 Å². The first-order valence-corrected chi connectivity index (χ1v) is 4.18. The van der Waals surface area contributed by atoms with Crippen molar-refractivity contribution in [3.05, 3.63) is 15.3 Å². The fourth-order valence-electron chi connectivity index (χ4n) is 1.03.